The van der Waals surface area contributed by atoms with E-state index in [0.717, 1.165) is 34.9 Å². The summed E-state index contributed by atoms with van der Waals surface area (Å²) >= 11 is 0. The van der Waals surface area contributed by atoms with E-state index < -0.39 is 12.1 Å². The van der Waals surface area contributed by atoms with Gasteiger partial charge in [-0.05, 0) is 18.6 Å². The van der Waals surface area contributed by atoms with Crippen LogP contribution in [0.5, 0.6) is 5.75 Å². The third-order valence-electron chi connectivity index (χ3n) is 5.08. The van der Waals surface area contributed by atoms with Gasteiger partial charge in [-0.3, -0.25) is 4.79 Å². The number of fused-ring (bicyclic) bond motifs is 1. The normalized spacial score (nSPS) is 11.7. The fourth-order valence-corrected chi connectivity index (χ4v) is 3.41. The maximum absolute atomic E-state index is 12.7. The van der Waals surface area contributed by atoms with Crippen molar-refractivity contribution in [3.05, 3.63) is 65.9 Å². The van der Waals surface area contributed by atoms with Gasteiger partial charge < -0.3 is 25.1 Å². The SMILES string of the molecule is CCCCOC(=O)NC(CC(=O)NCc1ccccc1OC)c1c[nH]c2ccccc12. The Bertz CT molecular complexity index is 1010. The number of methoxy groups -OCH3 is 1. The molecular weight excluding hydrogens is 394 g/mol. The van der Waals surface area contributed by atoms with Crippen molar-refractivity contribution in [3.8, 4) is 5.75 Å². The Labute approximate surface area is 182 Å². The minimum atomic E-state index is -0.527. The van der Waals surface area contributed by atoms with Gasteiger partial charge in [0, 0.05) is 34.8 Å². The van der Waals surface area contributed by atoms with Crippen molar-refractivity contribution >= 4 is 22.9 Å². The zero-order chi connectivity index (χ0) is 22.1. The molecule has 2 aromatic carbocycles. The molecule has 0 saturated carbocycles. The third-order valence-corrected chi connectivity index (χ3v) is 5.08. The molecule has 3 N–H and O–H groups in total. The van der Waals surface area contributed by atoms with E-state index in [9.17, 15) is 9.59 Å². The predicted molar refractivity (Wildman–Crippen MR) is 120 cm³/mol. The van der Waals surface area contributed by atoms with E-state index in [2.05, 4.69) is 15.6 Å². The zero-order valence-corrected chi connectivity index (χ0v) is 17.9. The molecule has 0 aliphatic heterocycles. The van der Waals surface area contributed by atoms with Gasteiger partial charge in [0.05, 0.1) is 26.2 Å². The molecule has 0 fully saturated rings. The fraction of sp³-hybridized carbons (Fsp3) is 0.333. The molecule has 3 rings (SSSR count). The quantitative estimate of drug-likeness (QED) is 0.420. The Hall–Kier alpha value is -3.48. The van der Waals surface area contributed by atoms with Crippen molar-refractivity contribution in [2.75, 3.05) is 13.7 Å². The van der Waals surface area contributed by atoms with Crippen LogP contribution in [0.15, 0.2) is 54.7 Å². The molecule has 0 aliphatic rings. The van der Waals surface area contributed by atoms with Gasteiger partial charge in [0.2, 0.25) is 5.91 Å². The van der Waals surface area contributed by atoms with E-state index in [-0.39, 0.29) is 12.3 Å². The number of carbonyl (C=O) groups is 2. The van der Waals surface area contributed by atoms with Gasteiger partial charge >= 0.3 is 6.09 Å². The first-order valence-electron chi connectivity index (χ1n) is 10.5. The van der Waals surface area contributed by atoms with Gasteiger partial charge in [-0.2, -0.15) is 0 Å². The average Bonchev–Trinajstić information content (AvgIpc) is 3.22. The van der Waals surface area contributed by atoms with Crippen LogP contribution in [0.3, 0.4) is 0 Å². The average molecular weight is 424 g/mol. The first kappa shape index (κ1) is 22.2. The Morgan fingerprint density at radius 3 is 2.68 bits per heavy atom. The highest BCUT2D eigenvalue weighted by Crippen LogP contribution is 2.26. The number of carbonyl (C=O) groups excluding carboxylic acids is 2. The summed E-state index contributed by atoms with van der Waals surface area (Å²) in [5.74, 6) is 0.531. The van der Waals surface area contributed by atoms with Gasteiger partial charge in [0.15, 0.2) is 0 Å². The van der Waals surface area contributed by atoms with Gasteiger partial charge in [0.25, 0.3) is 0 Å². The third kappa shape index (κ3) is 6.01. The number of hydrogen-bond donors (Lipinski definition) is 3. The van der Waals surface area contributed by atoms with E-state index in [1.165, 1.54) is 0 Å². The molecule has 0 bridgehead atoms. The summed E-state index contributed by atoms with van der Waals surface area (Å²) in [6, 6.07) is 14.8. The van der Waals surface area contributed by atoms with Gasteiger partial charge in [-0.25, -0.2) is 4.79 Å². The van der Waals surface area contributed by atoms with Crippen molar-refractivity contribution in [3.63, 3.8) is 0 Å². The second-order valence-electron chi connectivity index (χ2n) is 7.27. The van der Waals surface area contributed by atoms with E-state index in [4.69, 9.17) is 9.47 Å². The minimum absolute atomic E-state index is 0.0832. The molecule has 7 nitrogen and oxygen atoms in total. The number of nitrogens with one attached hydrogen (secondary N) is 3. The minimum Gasteiger partial charge on any atom is -0.496 e. The number of amides is 2. The second kappa shape index (κ2) is 11.1. The van der Waals surface area contributed by atoms with Crippen molar-refractivity contribution in [1.29, 1.82) is 0 Å². The van der Waals surface area contributed by atoms with Crippen LogP contribution < -0.4 is 15.4 Å². The smallest absolute Gasteiger partial charge is 0.407 e. The number of ether oxygens (including phenoxy) is 2. The Morgan fingerprint density at radius 2 is 1.87 bits per heavy atom. The van der Waals surface area contributed by atoms with Crippen LogP contribution in [-0.2, 0) is 16.1 Å². The first-order valence-corrected chi connectivity index (χ1v) is 10.5. The van der Waals surface area contributed by atoms with E-state index in [0.29, 0.717) is 18.9 Å². The summed E-state index contributed by atoms with van der Waals surface area (Å²) in [5, 5.41) is 6.73. The van der Waals surface area contributed by atoms with Gasteiger partial charge in [0.1, 0.15) is 5.75 Å². The highest BCUT2D eigenvalue weighted by atomic mass is 16.5. The van der Waals surface area contributed by atoms with Crippen LogP contribution in [-0.4, -0.2) is 30.7 Å². The lowest BCUT2D eigenvalue weighted by Gasteiger charge is -2.18. The van der Waals surface area contributed by atoms with E-state index >= 15 is 0 Å². The number of rotatable bonds is 10. The number of aromatic nitrogens is 1. The lowest BCUT2D eigenvalue weighted by atomic mass is 10.0. The molecule has 1 heterocycles. The van der Waals surface area contributed by atoms with Crippen molar-refractivity contribution in [2.24, 2.45) is 0 Å². The number of benzene rings is 2. The number of alkyl carbamates (subject to hydrolysis) is 1. The van der Waals surface area contributed by atoms with E-state index in [1.807, 2.05) is 61.7 Å². The molecule has 1 unspecified atom stereocenters. The molecule has 31 heavy (non-hydrogen) atoms. The van der Waals surface area contributed by atoms with Crippen molar-refractivity contribution in [1.82, 2.24) is 15.6 Å². The van der Waals surface area contributed by atoms with Crippen LogP contribution >= 0.6 is 0 Å². The molecule has 0 spiro atoms. The zero-order valence-electron chi connectivity index (χ0n) is 17.9. The molecule has 0 aliphatic carbocycles. The molecule has 1 aromatic heterocycles. The maximum Gasteiger partial charge on any atom is 0.407 e. The lowest BCUT2D eigenvalue weighted by molar-refractivity contribution is -0.121. The topological polar surface area (TPSA) is 92.4 Å². The van der Waals surface area contributed by atoms with Crippen molar-refractivity contribution < 1.29 is 19.1 Å². The maximum atomic E-state index is 12.7. The number of unbranched alkanes of at least 4 members (excludes halogenated alkanes) is 1. The van der Waals surface area contributed by atoms with Crippen LogP contribution in [0, 0.1) is 0 Å². The molecular formula is C24H29N3O4. The van der Waals surface area contributed by atoms with Crippen molar-refractivity contribution in [2.45, 2.75) is 38.8 Å². The summed E-state index contributed by atoms with van der Waals surface area (Å²) < 4.78 is 10.6. The Balaban J connectivity index is 1.71. The lowest BCUT2D eigenvalue weighted by Crippen LogP contribution is -2.34. The fourth-order valence-electron chi connectivity index (χ4n) is 3.41. The summed E-state index contributed by atoms with van der Waals surface area (Å²) in [7, 11) is 1.60. The van der Waals surface area contributed by atoms with Crippen LogP contribution in [0.1, 0.15) is 43.4 Å². The molecule has 0 radical (unpaired) electrons. The van der Waals surface area contributed by atoms with Crippen LogP contribution in [0.4, 0.5) is 4.79 Å². The van der Waals surface area contributed by atoms with E-state index in [1.54, 1.807) is 7.11 Å². The van der Waals surface area contributed by atoms with Gasteiger partial charge in [-0.15, -0.1) is 0 Å². The highest BCUT2D eigenvalue weighted by molar-refractivity contribution is 5.86. The standard InChI is InChI=1S/C24H29N3O4/c1-3-4-13-31-24(29)27-21(19-16-25-20-11-7-6-10-18(19)20)14-23(28)26-15-17-9-5-8-12-22(17)30-2/h5-12,16,21,25H,3-4,13-15H2,1-2H3,(H,26,28)(H,27,29). The number of hydrogen-bond acceptors (Lipinski definition) is 4. The molecule has 2 amide bonds. The summed E-state index contributed by atoms with van der Waals surface area (Å²) in [6.45, 7) is 2.72. The van der Waals surface area contributed by atoms with Crippen LogP contribution in [0.2, 0.25) is 0 Å². The first-order chi connectivity index (χ1) is 15.1. The number of aromatic amines is 1. The summed E-state index contributed by atoms with van der Waals surface area (Å²) in [4.78, 5) is 28.3. The molecule has 3 aromatic rings. The largest absolute Gasteiger partial charge is 0.496 e. The highest BCUT2D eigenvalue weighted by Gasteiger charge is 2.22. The summed E-state index contributed by atoms with van der Waals surface area (Å²) in [5.41, 5.74) is 2.67. The van der Waals surface area contributed by atoms with Crippen LogP contribution in [0.25, 0.3) is 10.9 Å². The molecule has 0 saturated heterocycles. The summed E-state index contributed by atoms with van der Waals surface area (Å²) in [6.07, 6.45) is 3.12. The van der Waals surface area contributed by atoms with Gasteiger partial charge in [-0.1, -0.05) is 49.7 Å². The Morgan fingerprint density at radius 1 is 1.10 bits per heavy atom. The predicted octanol–water partition coefficient (Wildman–Crippen LogP) is 4.45. The Kier molecular flexibility index (Phi) is 7.92. The molecule has 7 heteroatoms. The number of H-pyrrole nitrogens is 1. The second-order valence-corrected chi connectivity index (χ2v) is 7.27. The molecule has 164 valence electrons. The molecule has 1 atom stereocenters. The monoisotopic (exact) mass is 423 g/mol. The number of para-hydroxylation sites is 2.